The number of rotatable bonds is 14. The molecule has 0 aromatic carbocycles. The molecule has 171 valence electrons. The van der Waals surface area contributed by atoms with Gasteiger partial charge in [0.2, 0.25) is 0 Å². The van der Waals surface area contributed by atoms with Crippen LogP contribution in [0.2, 0.25) is 13.1 Å². The molecular weight excluding hydrogens is 433 g/mol. The van der Waals surface area contributed by atoms with Gasteiger partial charge in [0, 0.05) is 0 Å². The van der Waals surface area contributed by atoms with Crippen molar-refractivity contribution in [2.24, 2.45) is 5.41 Å². The Morgan fingerprint density at radius 3 is 1.90 bits per heavy atom. The molecule has 6 heteroatoms. The Labute approximate surface area is 192 Å². The average molecular weight is 479 g/mol. The zero-order chi connectivity index (χ0) is 22.2. The normalized spacial score (nSPS) is 15.4. The Morgan fingerprint density at radius 2 is 1.52 bits per heavy atom. The van der Waals surface area contributed by atoms with Crippen molar-refractivity contribution >= 4 is 37.6 Å². The SMILES string of the molecule is CCCCP(Cl)(CCCC)(CCCC)Cc1csc(C(O[Si](C)C)C(C)(C)C)n1. The van der Waals surface area contributed by atoms with E-state index in [0.717, 1.165) is 11.2 Å². The molecule has 0 amide bonds. The van der Waals surface area contributed by atoms with E-state index in [-0.39, 0.29) is 11.5 Å². The number of nitrogens with zero attached hydrogens (tertiary/aromatic N) is 1. The van der Waals surface area contributed by atoms with Crippen molar-refractivity contribution < 1.29 is 4.43 Å². The molecule has 0 aliphatic rings. The van der Waals surface area contributed by atoms with Gasteiger partial charge in [-0.3, -0.25) is 0 Å². The molecule has 0 aliphatic carbocycles. The number of hydrogen-bond acceptors (Lipinski definition) is 3. The maximum atomic E-state index is 7.80. The molecule has 1 aromatic rings. The van der Waals surface area contributed by atoms with E-state index < -0.39 is 15.0 Å². The van der Waals surface area contributed by atoms with Gasteiger partial charge in [0.25, 0.3) is 0 Å². The molecule has 1 heterocycles. The van der Waals surface area contributed by atoms with Crippen LogP contribution in [0.3, 0.4) is 0 Å². The van der Waals surface area contributed by atoms with Crippen LogP contribution >= 0.6 is 28.5 Å². The molecule has 0 saturated carbocycles. The van der Waals surface area contributed by atoms with Crippen LogP contribution in [0.15, 0.2) is 5.38 Å². The predicted molar refractivity (Wildman–Crippen MR) is 139 cm³/mol. The van der Waals surface area contributed by atoms with Crippen LogP contribution < -0.4 is 0 Å². The summed E-state index contributed by atoms with van der Waals surface area (Å²) in [5.74, 6) is -2.31. The zero-order valence-corrected chi connectivity index (χ0v) is 23.8. The fourth-order valence-electron chi connectivity index (χ4n) is 3.99. The number of hydrogen-bond donors (Lipinski definition) is 0. The van der Waals surface area contributed by atoms with Crippen LogP contribution in [-0.4, -0.2) is 32.5 Å². The second-order valence-corrected chi connectivity index (χ2v) is 21.3. The van der Waals surface area contributed by atoms with Crippen LogP contribution in [0, 0.1) is 5.41 Å². The van der Waals surface area contributed by atoms with Crippen LogP contribution in [0.1, 0.15) is 96.9 Å². The predicted octanol–water partition coefficient (Wildman–Crippen LogP) is 9.11. The van der Waals surface area contributed by atoms with Crippen LogP contribution in [-0.2, 0) is 10.6 Å². The fraction of sp³-hybridized carbons (Fsp3) is 0.870. The molecular formula is C23H46ClNOPSSi. The van der Waals surface area contributed by atoms with E-state index in [9.17, 15) is 0 Å². The van der Waals surface area contributed by atoms with Crippen LogP contribution in [0.25, 0.3) is 0 Å². The summed E-state index contributed by atoms with van der Waals surface area (Å²) >= 11 is 9.58. The molecule has 0 aliphatic heterocycles. The minimum atomic E-state index is -2.31. The molecule has 0 spiro atoms. The number of aromatic nitrogens is 1. The van der Waals surface area contributed by atoms with E-state index in [2.05, 4.69) is 60.0 Å². The van der Waals surface area contributed by atoms with Crippen LogP contribution in [0.4, 0.5) is 0 Å². The van der Waals surface area contributed by atoms with Crippen molar-refractivity contribution in [2.45, 2.75) is 105 Å². The Kier molecular flexibility index (Phi) is 11.4. The van der Waals surface area contributed by atoms with Gasteiger partial charge in [-0.05, 0) is 0 Å². The topological polar surface area (TPSA) is 22.1 Å². The van der Waals surface area contributed by atoms with Gasteiger partial charge in [-0.1, -0.05) is 0 Å². The minimum absolute atomic E-state index is 0.0518. The Hall–Kier alpha value is 0.527. The second kappa shape index (κ2) is 12.0. The van der Waals surface area contributed by atoms with Crippen molar-refractivity contribution in [1.82, 2.24) is 4.98 Å². The Morgan fingerprint density at radius 1 is 1.03 bits per heavy atom. The van der Waals surface area contributed by atoms with Gasteiger partial charge in [0.15, 0.2) is 0 Å². The quantitative estimate of drug-likeness (QED) is 0.196. The molecule has 2 nitrogen and oxygen atoms in total. The summed E-state index contributed by atoms with van der Waals surface area (Å²) in [6.45, 7) is 18.1. The standard InChI is InChI=1S/C23H46ClNOPSSi/c1-9-12-15-27(24,16-13-10-2,17-14-11-3)18-20-19-28-22(25-20)21(23(4,5)6)26-29(7)8/h19,21H,9-18H2,1-8H3. The Bertz CT molecular complexity index is 577. The van der Waals surface area contributed by atoms with E-state index in [0.29, 0.717) is 0 Å². The van der Waals surface area contributed by atoms with Gasteiger partial charge in [-0.2, -0.15) is 0 Å². The molecule has 1 unspecified atom stereocenters. The molecule has 0 bridgehead atoms. The van der Waals surface area contributed by atoms with Crippen molar-refractivity contribution in [3.63, 3.8) is 0 Å². The molecule has 0 N–H and O–H groups in total. The summed E-state index contributed by atoms with van der Waals surface area (Å²) in [6.07, 6.45) is 12.1. The van der Waals surface area contributed by atoms with Crippen molar-refractivity contribution in [1.29, 1.82) is 0 Å². The summed E-state index contributed by atoms with van der Waals surface area (Å²) in [4.78, 5) is 5.14. The van der Waals surface area contributed by atoms with Gasteiger partial charge in [-0.15, -0.1) is 0 Å². The summed E-state index contributed by atoms with van der Waals surface area (Å²) in [5.41, 5.74) is 1.27. The van der Waals surface area contributed by atoms with Crippen LogP contribution in [0.5, 0.6) is 0 Å². The molecule has 1 atom stereocenters. The van der Waals surface area contributed by atoms with Gasteiger partial charge in [-0.25, -0.2) is 0 Å². The van der Waals surface area contributed by atoms with Gasteiger partial charge >= 0.3 is 192 Å². The third kappa shape index (κ3) is 8.89. The first-order valence-electron chi connectivity index (χ1n) is 11.6. The van der Waals surface area contributed by atoms with E-state index in [1.54, 1.807) is 11.3 Å². The fourth-order valence-corrected chi connectivity index (χ4v) is 13.1. The summed E-state index contributed by atoms with van der Waals surface area (Å²) in [6, 6.07) is 0. The van der Waals surface area contributed by atoms with Gasteiger partial charge in [0.1, 0.15) is 0 Å². The third-order valence-electron chi connectivity index (χ3n) is 5.70. The number of halogens is 1. The molecule has 0 saturated heterocycles. The molecule has 0 fully saturated rings. The number of thiazole rings is 1. The first-order valence-corrected chi connectivity index (χ1v) is 18.8. The summed E-state index contributed by atoms with van der Waals surface area (Å²) in [5, 5.41) is 3.42. The van der Waals surface area contributed by atoms with E-state index in [1.807, 2.05) is 0 Å². The van der Waals surface area contributed by atoms with Crippen molar-refractivity contribution in [3.8, 4) is 0 Å². The first-order chi connectivity index (χ1) is 13.5. The monoisotopic (exact) mass is 478 g/mol. The van der Waals surface area contributed by atoms with E-state index in [1.165, 1.54) is 62.7 Å². The van der Waals surface area contributed by atoms with Gasteiger partial charge < -0.3 is 0 Å². The van der Waals surface area contributed by atoms with E-state index in [4.69, 9.17) is 20.7 Å². The number of unbranched alkanes of at least 4 members (excludes halogenated alkanes) is 3. The first kappa shape index (κ1) is 27.6. The summed E-state index contributed by atoms with van der Waals surface area (Å²) < 4.78 is 6.39. The van der Waals surface area contributed by atoms with Crippen molar-refractivity contribution in [2.75, 3.05) is 18.5 Å². The molecule has 29 heavy (non-hydrogen) atoms. The zero-order valence-electron chi connectivity index (χ0n) is 20.3. The molecule has 1 radical (unpaired) electrons. The van der Waals surface area contributed by atoms with Crippen molar-refractivity contribution in [3.05, 3.63) is 16.1 Å². The third-order valence-corrected chi connectivity index (χ3v) is 14.6. The average Bonchev–Trinajstić information content (AvgIpc) is 3.08. The Balaban J connectivity index is 3.21. The van der Waals surface area contributed by atoms with Gasteiger partial charge in [0.05, 0.1) is 0 Å². The summed E-state index contributed by atoms with van der Waals surface area (Å²) in [7, 11) is -0.787. The molecule has 1 rings (SSSR count). The molecule has 1 aromatic heterocycles. The second-order valence-electron chi connectivity index (χ2n) is 10.2. The maximum absolute atomic E-state index is 7.80. The van der Waals surface area contributed by atoms with E-state index >= 15 is 0 Å².